The summed E-state index contributed by atoms with van der Waals surface area (Å²) in [5.74, 6) is 0.167. The fraction of sp³-hybridized carbons (Fsp3) is 0.214. The van der Waals surface area contributed by atoms with Gasteiger partial charge < -0.3 is 15.6 Å². The van der Waals surface area contributed by atoms with Crippen LogP contribution in [0.2, 0.25) is 5.15 Å². The Hall–Kier alpha value is -1.37. The van der Waals surface area contributed by atoms with Gasteiger partial charge in [0.25, 0.3) is 0 Å². The highest BCUT2D eigenvalue weighted by Gasteiger charge is 2.10. The lowest BCUT2D eigenvalue weighted by Crippen LogP contribution is -2.08. The Morgan fingerprint density at radius 2 is 2.19 bits per heavy atom. The fourth-order valence-corrected chi connectivity index (χ4v) is 2.32. The summed E-state index contributed by atoms with van der Waals surface area (Å²) in [5, 5.41) is 9.46. The molecule has 3 N–H and O–H groups in total. The normalized spacial score (nSPS) is 10.7. The topological polar surface area (TPSA) is 68.4 Å². The predicted octanol–water partition coefficient (Wildman–Crippen LogP) is 3.33. The van der Waals surface area contributed by atoms with Gasteiger partial charge in [-0.15, -0.1) is 0 Å². The second-order valence-electron chi connectivity index (χ2n) is 4.28. The van der Waals surface area contributed by atoms with Gasteiger partial charge in [0.2, 0.25) is 0 Å². The number of hydrogen-bond acceptors (Lipinski definition) is 4. The maximum Gasteiger partial charge on any atom is 0.167 e. The number of aliphatic hydroxyl groups excluding tert-OH is 1. The van der Waals surface area contributed by atoms with Crippen molar-refractivity contribution in [2.45, 2.75) is 13.0 Å². The number of nitrogens with zero attached hydrogens (tertiary/aromatic N) is 1. The van der Waals surface area contributed by atoms with E-state index in [-0.39, 0.29) is 30.0 Å². The molecule has 0 atom stereocenters. The van der Waals surface area contributed by atoms with Crippen molar-refractivity contribution in [2.75, 3.05) is 12.3 Å². The minimum atomic E-state index is -0.367. The molecule has 4 nitrogen and oxygen atoms in total. The third kappa shape index (κ3) is 3.84. The highest BCUT2D eigenvalue weighted by molar-refractivity contribution is 9.10. The SMILES string of the molecule is Nc1nc(Cl)c(Br)cc1OCCc1c(F)cccc1CO. The van der Waals surface area contributed by atoms with E-state index in [2.05, 4.69) is 20.9 Å². The Kier molecular flexibility index (Phi) is 5.39. The zero-order valence-electron chi connectivity index (χ0n) is 10.9. The van der Waals surface area contributed by atoms with Crippen LogP contribution in [0.4, 0.5) is 10.2 Å². The van der Waals surface area contributed by atoms with Gasteiger partial charge in [0.1, 0.15) is 11.0 Å². The summed E-state index contributed by atoms with van der Waals surface area (Å²) in [6, 6.07) is 6.19. The molecular weight excluding hydrogens is 363 g/mol. The summed E-state index contributed by atoms with van der Waals surface area (Å²) in [6.07, 6.45) is 0.308. The van der Waals surface area contributed by atoms with Crippen molar-refractivity contribution in [3.8, 4) is 5.75 Å². The van der Waals surface area contributed by atoms with Crippen LogP contribution < -0.4 is 10.5 Å². The van der Waals surface area contributed by atoms with E-state index in [0.717, 1.165) is 0 Å². The van der Waals surface area contributed by atoms with E-state index >= 15 is 0 Å². The first-order valence-electron chi connectivity index (χ1n) is 6.14. The molecule has 0 aliphatic carbocycles. The van der Waals surface area contributed by atoms with Crippen LogP contribution in [-0.2, 0) is 13.0 Å². The summed E-state index contributed by atoms with van der Waals surface area (Å²) in [7, 11) is 0. The molecule has 21 heavy (non-hydrogen) atoms. The number of aliphatic hydroxyl groups is 1. The lowest BCUT2D eigenvalue weighted by Gasteiger charge is -2.11. The summed E-state index contributed by atoms with van der Waals surface area (Å²) >= 11 is 9.03. The Bertz CT molecular complexity index is 655. The van der Waals surface area contributed by atoms with Gasteiger partial charge in [-0.05, 0) is 33.1 Å². The van der Waals surface area contributed by atoms with Crippen LogP contribution in [0.5, 0.6) is 5.75 Å². The van der Waals surface area contributed by atoms with E-state index in [9.17, 15) is 9.50 Å². The van der Waals surface area contributed by atoms with Gasteiger partial charge in [-0.3, -0.25) is 0 Å². The summed E-state index contributed by atoms with van der Waals surface area (Å²) in [5.41, 5.74) is 6.67. The number of anilines is 1. The number of pyridine rings is 1. The average Bonchev–Trinajstić information content (AvgIpc) is 2.45. The Labute approximate surface area is 134 Å². The second-order valence-corrected chi connectivity index (χ2v) is 5.49. The summed E-state index contributed by atoms with van der Waals surface area (Å²) in [6.45, 7) is -0.0167. The minimum absolute atomic E-state index is 0.166. The zero-order chi connectivity index (χ0) is 15.4. The molecule has 0 radical (unpaired) electrons. The maximum absolute atomic E-state index is 13.7. The van der Waals surface area contributed by atoms with Gasteiger partial charge in [0.05, 0.1) is 17.7 Å². The van der Waals surface area contributed by atoms with E-state index in [0.29, 0.717) is 27.8 Å². The smallest absolute Gasteiger partial charge is 0.167 e. The third-order valence-corrected chi connectivity index (χ3v) is 4.04. The molecule has 7 heteroatoms. The molecular formula is C14H13BrClFN2O2. The first-order valence-corrected chi connectivity index (χ1v) is 7.31. The van der Waals surface area contributed by atoms with E-state index in [1.54, 1.807) is 18.2 Å². The highest BCUT2D eigenvalue weighted by Crippen LogP contribution is 2.29. The zero-order valence-corrected chi connectivity index (χ0v) is 13.3. The lowest BCUT2D eigenvalue weighted by atomic mass is 10.0. The molecule has 0 saturated carbocycles. The minimum Gasteiger partial charge on any atom is -0.489 e. The van der Waals surface area contributed by atoms with Crippen molar-refractivity contribution >= 4 is 33.3 Å². The molecule has 0 saturated heterocycles. The van der Waals surface area contributed by atoms with E-state index in [1.807, 2.05) is 0 Å². The van der Waals surface area contributed by atoms with Gasteiger partial charge >= 0.3 is 0 Å². The molecule has 0 aliphatic rings. The van der Waals surface area contributed by atoms with Crippen LogP contribution in [0.3, 0.4) is 0 Å². The average molecular weight is 376 g/mol. The summed E-state index contributed by atoms with van der Waals surface area (Å²) in [4.78, 5) is 3.91. The van der Waals surface area contributed by atoms with Crippen molar-refractivity contribution in [1.29, 1.82) is 0 Å². The molecule has 0 spiro atoms. The van der Waals surface area contributed by atoms with Crippen molar-refractivity contribution in [3.63, 3.8) is 0 Å². The van der Waals surface area contributed by atoms with E-state index in [4.69, 9.17) is 22.1 Å². The summed E-state index contributed by atoms with van der Waals surface area (Å²) < 4.78 is 19.8. The first kappa shape index (κ1) is 16.0. The number of rotatable bonds is 5. The molecule has 0 aliphatic heterocycles. The number of nitrogen functional groups attached to an aromatic ring is 1. The van der Waals surface area contributed by atoms with Gasteiger partial charge in [-0.25, -0.2) is 9.37 Å². The van der Waals surface area contributed by atoms with Crippen LogP contribution in [0.1, 0.15) is 11.1 Å². The van der Waals surface area contributed by atoms with Crippen LogP contribution in [0.25, 0.3) is 0 Å². The van der Waals surface area contributed by atoms with Crippen LogP contribution in [-0.4, -0.2) is 16.7 Å². The number of halogens is 3. The Morgan fingerprint density at radius 3 is 2.90 bits per heavy atom. The molecule has 1 heterocycles. The molecule has 2 rings (SSSR count). The Balaban J connectivity index is 2.07. The van der Waals surface area contributed by atoms with Crippen molar-refractivity contribution in [2.24, 2.45) is 0 Å². The highest BCUT2D eigenvalue weighted by atomic mass is 79.9. The molecule has 112 valence electrons. The third-order valence-electron chi connectivity index (χ3n) is 2.92. The monoisotopic (exact) mass is 374 g/mol. The molecule has 1 aromatic heterocycles. The predicted molar refractivity (Wildman–Crippen MR) is 82.9 cm³/mol. The van der Waals surface area contributed by atoms with E-state index < -0.39 is 0 Å². The van der Waals surface area contributed by atoms with E-state index in [1.165, 1.54) is 6.07 Å². The number of benzene rings is 1. The first-order chi connectivity index (χ1) is 10.0. The van der Waals surface area contributed by atoms with Crippen LogP contribution >= 0.6 is 27.5 Å². The molecule has 0 bridgehead atoms. The fourth-order valence-electron chi connectivity index (χ4n) is 1.87. The lowest BCUT2D eigenvalue weighted by molar-refractivity contribution is 0.277. The standard InChI is InChI=1S/C14H13BrClFN2O2/c15-10-6-12(14(18)19-13(10)16)21-5-4-9-8(7-20)2-1-3-11(9)17/h1-3,6,20H,4-5,7H2,(H2,18,19). The van der Waals surface area contributed by atoms with Gasteiger partial charge in [0, 0.05) is 12.5 Å². The number of hydrogen-bond donors (Lipinski definition) is 2. The number of ether oxygens (including phenoxy) is 1. The van der Waals surface area contributed by atoms with Crippen molar-refractivity contribution in [1.82, 2.24) is 4.98 Å². The second kappa shape index (κ2) is 7.06. The molecule has 0 fully saturated rings. The van der Waals surface area contributed by atoms with Crippen molar-refractivity contribution in [3.05, 3.63) is 50.8 Å². The quantitative estimate of drug-likeness (QED) is 0.787. The number of nitrogens with two attached hydrogens (primary N) is 1. The van der Waals surface area contributed by atoms with Crippen LogP contribution in [0.15, 0.2) is 28.7 Å². The van der Waals surface area contributed by atoms with Gasteiger partial charge in [-0.2, -0.15) is 0 Å². The molecule has 1 aromatic carbocycles. The van der Waals surface area contributed by atoms with Gasteiger partial charge in [0.15, 0.2) is 11.6 Å². The number of aromatic nitrogens is 1. The Morgan fingerprint density at radius 1 is 1.43 bits per heavy atom. The van der Waals surface area contributed by atoms with Crippen LogP contribution in [0, 0.1) is 5.82 Å². The molecule has 2 aromatic rings. The molecule has 0 unspecified atom stereocenters. The largest absolute Gasteiger partial charge is 0.489 e. The van der Waals surface area contributed by atoms with Gasteiger partial charge in [-0.1, -0.05) is 23.7 Å². The van der Waals surface area contributed by atoms with Crippen molar-refractivity contribution < 1.29 is 14.2 Å². The molecule has 0 amide bonds. The maximum atomic E-state index is 13.7.